The van der Waals surface area contributed by atoms with Crippen LogP contribution in [-0.2, 0) is 11.3 Å². The van der Waals surface area contributed by atoms with E-state index < -0.39 is 0 Å². The van der Waals surface area contributed by atoms with E-state index >= 15 is 0 Å². The molecule has 0 unspecified atom stereocenters. The van der Waals surface area contributed by atoms with Crippen LogP contribution in [0.4, 0.5) is 0 Å². The fraction of sp³-hybridized carbons (Fsp3) is 0.409. The van der Waals surface area contributed by atoms with Crippen LogP contribution in [0.5, 0.6) is 0 Å². The maximum atomic E-state index is 12.2. The van der Waals surface area contributed by atoms with Gasteiger partial charge in [0.1, 0.15) is 0 Å². The number of nitrogens with zero attached hydrogens (tertiary/aromatic N) is 3. The first kappa shape index (κ1) is 19.9. The normalized spacial score (nSPS) is 13.7. The molecule has 3 aromatic rings. The van der Waals surface area contributed by atoms with Gasteiger partial charge in [-0.2, -0.15) is 0 Å². The van der Waals surface area contributed by atoms with Crippen molar-refractivity contribution in [2.75, 3.05) is 26.0 Å². The molecule has 1 aromatic carbocycles. The van der Waals surface area contributed by atoms with Crippen LogP contribution in [0.15, 0.2) is 47.9 Å². The van der Waals surface area contributed by atoms with Crippen molar-refractivity contribution in [1.29, 1.82) is 0 Å². The molecule has 0 bridgehead atoms. The molecule has 1 saturated carbocycles. The molecule has 1 amide bonds. The van der Waals surface area contributed by atoms with Gasteiger partial charge in [0.2, 0.25) is 0 Å². The highest BCUT2D eigenvalue weighted by molar-refractivity contribution is 7.99. The van der Waals surface area contributed by atoms with Crippen LogP contribution < -0.4 is 5.32 Å². The maximum absolute atomic E-state index is 12.2. The maximum Gasteiger partial charge on any atom is 0.251 e. The Hall–Kier alpha value is -2.38. The second kappa shape index (κ2) is 9.41. The summed E-state index contributed by atoms with van der Waals surface area (Å²) in [5.74, 6) is 1.91. The van der Waals surface area contributed by atoms with E-state index in [1.54, 1.807) is 13.3 Å². The zero-order chi connectivity index (χ0) is 20.1. The van der Waals surface area contributed by atoms with Crippen molar-refractivity contribution in [3.05, 3.63) is 53.9 Å². The largest absolute Gasteiger partial charge is 0.385 e. The number of aromatic nitrogens is 3. The van der Waals surface area contributed by atoms with Crippen molar-refractivity contribution in [1.82, 2.24) is 19.9 Å². The van der Waals surface area contributed by atoms with Gasteiger partial charge in [-0.1, -0.05) is 23.9 Å². The molecular formula is C22H26N4O2S. The minimum absolute atomic E-state index is 0.0504. The van der Waals surface area contributed by atoms with E-state index in [1.807, 2.05) is 48.3 Å². The molecule has 152 valence electrons. The molecule has 0 saturated heterocycles. The fourth-order valence-corrected chi connectivity index (χ4v) is 4.35. The molecule has 1 aliphatic rings. The third-order valence-electron chi connectivity index (χ3n) is 5.03. The lowest BCUT2D eigenvalue weighted by molar-refractivity contribution is 0.0948. The Labute approximate surface area is 175 Å². The molecular weight excluding hydrogens is 384 g/mol. The van der Waals surface area contributed by atoms with Crippen molar-refractivity contribution >= 4 is 28.7 Å². The van der Waals surface area contributed by atoms with Gasteiger partial charge in [-0.15, -0.1) is 0 Å². The lowest BCUT2D eigenvalue weighted by Crippen LogP contribution is -2.25. The third-order valence-corrected chi connectivity index (χ3v) is 6.24. The average molecular weight is 411 g/mol. The first-order valence-electron chi connectivity index (χ1n) is 10.0. The molecule has 7 heteroatoms. The first-order valence-corrected chi connectivity index (χ1v) is 11.0. The van der Waals surface area contributed by atoms with Gasteiger partial charge in [0, 0.05) is 37.8 Å². The minimum atomic E-state index is -0.0504. The SMILES string of the molecule is COCCCNC(=O)c1ccc(Cn2c(SCC3CC3)nc3ccncc32)cc1. The number of hydrogen-bond acceptors (Lipinski definition) is 5. The van der Waals surface area contributed by atoms with Gasteiger partial charge in [-0.25, -0.2) is 4.98 Å². The summed E-state index contributed by atoms with van der Waals surface area (Å²) < 4.78 is 7.24. The van der Waals surface area contributed by atoms with Crippen molar-refractivity contribution in [3.63, 3.8) is 0 Å². The molecule has 4 rings (SSSR count). The van der Waals surface area contributed by atoms with E-state index in [0.717, 1.165) is 39.8 Å². The second-order valence-corrected chi connectivity index (χ2v) is 8.39. The number of ether oxygens (including phenoxy) is 1. The second-order valence-electron chi connectivity index (χ2n) is 7.40. The third kappa shape index (κ3) is 5.16. The summed E-state index contributed by atoms with van der Waals surface area (Å²) in [6, 6.07) is 9.76. The van der Waals surface area contributed by atoms with Crippen molar-refractivity contribution in [2.45, 2.75) is 31.0 Å². The lowest BCUT2D eigenvalue weighted by Gasteiger charge is -2.10. The molecule has 29 heavy (non-hydrogen) atoms. The van der Waals surface area contributed by atoms with E-state index in [2.05, 4.69) is 14.9 Å². The Bertz CT molecular complexity index is 967. The number of carbonyl (C=O) groups excluding carboxylic acids is 1. The number of carbonyl (C=O) groups is 1. The number of fused-ring (bicyclic) bond motifs is 1. The van der Waals surface area contributed by atoms with Gasteiger partial charge >= 0.3 is 0 Å². The summed E-state index contributed by atoms with van der Waals surface area (Å²) in [4.78, 5) is 21.3. The van der Waals surface area contributed by atoms with E-state index in [-0.39, 0.29) is 5.91 Å². The Morgan fingerprint density at radius 2 is 2.10 bits per heavy atom. The number of benzene rings is 1. The average Bonchev–Trinajstić information content (AvgIpc) is 3.52. The summed E-state index contributed by atoms with van der Waals surface area (Å²) >= 11 is 1.83. The number of amides is 1. The van der Waals surface area contributed by atoms with Crippen LogP contribution in [0.2, 0.25) is 0 Å². The number of methoxy groups -OCH3 is 1. The fourth-order valence-electron chi connectivity index (χ4n) is 3.15. The van der Waals surface area contributed by atoms with E-state index in [4.69, 9.17) is 9.72 Å². The van der Waals surface area contributed by atoms with Crippen LogP contribution in [0.3, 0.4) is 0 Å². The highest BCUT2D eigenvalue weighted by Crippen LogP contribution is 2.35. The van der Waals surface area contributed by atoms with E-state index in [1.165, 1.54) is 12.8 Å². The summed E-state index contributed by atoms with van der Waals surface area (Å²) in [5.41, 5.74) is 3.83. The minimum Gasteiger partial charge on any atom is -0.385 e. The highest BCUT2D eigenvalue weighted by atomic mass is 32.2. The lowest BCUT2D eigenvalue weighted by atomic mass is 10.1. The quantitative estimate of drug-likeness (QED) is 0.407. The Morgan fingerprint density at radius 1 is 1.28 bits per heavy atom. The molecule has 1 fully saturated rings. The molecule has 0 atom stereocenters. The van der Waals surface area contributed by atoms with Gasteiger partial charge in [0.25, 0.3) is 5.91 Å². The number of thioether (sulfide) groups is 1. The molecule has 1 aliphatic carbocycles. The monoisotopic (exact) mass is 410 g/mol. The molecule has 2 aromatic heterocycles. The van der Waals surface area contributed by atoms with Gasteiger partial charge < -0.3 is 14.6 Å². The Kier molecular flexibility index (Phi) is 6.46. The van der Waals surface area contributed by atoms with Crippen molar-refractivity contribution in [2.24, 2.45) is 5.92 Å². The van der Waals surface area contributed by atoms with Crippen LogP contribution >= 0.6 is 11.8 Å². The number of imidazole rings is 1. The molecule has 0 spiro atoms. The highest BCUT2D eigenvalue weighted by Gasteiger charge is 2.23. The number of nitrogens with one attached hydrogen (secondary N) is 1. The standard InChI is InChI=1S/C22H26N4O2S/c1-28-12-2-10-24-21(27)18-7-5-16(6-8-18)14-26-20-13-23-11-9-19(20)25-22(26)29-15-17-3-4-17/h5-9,11,13,17H,2-4,10,12,14-15H2,1H3,(H,24,27). The van der Waals surface area contributed by atoms with Crippen LogP contribution in [0.1, 0.15) is 35.2 Å². The van der Waals surface area contributed by atoms with Gasteiger partial charge in [-0.3, -0.25) is 9.78 Å². The van der Waals surface area contributed by atoms with Gasteiger partial charge in [0.05, 0.1) is 23.8 Å². The number of hydrogen-bond donors (Lipinski definition) is 1. The molecule has 2 heterocycles. The Morgan fingerprint density at radius 3 is 2.86 bits per heavy atom. The number of rotatable bonds is 10. The van der Waals surface area contributed by atoms with Gasteiger partial charge in [-0.05, 0) is 48.9 Å². The summed E-state index contributed by atoms with van der Waals surface area (Å²) in [6.07, 6.45) is 7.15. The zero-order valence-electron chi connectivity index (χ0n) is 16.6. The molecule has 1 N–H and O–H groups in total. The molecule has 0 radical (unpaired) electrons. The smallest absolute Gasteiger partial charge is 0.251 e. The van der Waals surface area contributed by atoms with Crippen LogP contribution in [0.25, 0.3) is 11.0 Å². The zero-order valence-corrected chi connectivity index (χ0v) is 17.5. The summed E-state index contributed by atoms with van der Waals surface area (Å²) in [5, 5.41) is 3.96. The Balaban J connectivity index is 1.46. The summed E-state index contributed by atoms with van der Waals surface area (Å²) in [6.45, 7) is 1.98. The predicted octanol–water partition coefficient (Wildman–Crippen LogP) is 3.75. The van der Waals surface area contributed by atoms with Crippen molar-refractivity contribution < 1.29 is 9.53 Å². The van der Waals surface area contributed by atoms with Crippen molar-refractivity contribution in [3.8, 4) is 0 Å². The predicted molar refractivity (Wildman–Crippen MR) is 115 cm³/mol. The first-order chi connectivity index (χ1) is 14.2. The topological polar surface area (TPSA) is 69.0 Å². The summed E-state index contributed by atoms with van der Waals surface area (Å²) in [7, 11) is 1.66. The van der Waals surface area contributed by atoms with Crippen LogP contribution in [0, 0.1) is 5.92 Å². The van der Waals surface area contributed by atoms with Gasteiger partial charge in [0.15, 0.2) is 5.16 Å². The van der Waals surface area contributed by atoms with E-state index in [0.29, 0.717) is 25.3 Å². The number of pyridine rings is 1. The van der Waals surface area contributed by atoms with Crippen LogP contribution in [-0.4, -0.2) is 46.5 Å². The van der Waals surface area contributed by atoms with E-state index in [9.17, 15) is 4.79 Å². The molecule has 6 nitrogen and oxygen atoms in total. The molecule has 0 aliphatic heterocycles.